The molecule has 0 aromatic carbocycles. The predicted octanol–water partition coefficient (Wildman–Crippen LogP) is 9.48. The van der Waals surface area contributed by atoms with E-state index in [9.17, 15) is 9.59 Å². The van der Waals surface area contributed by atoms with E-state index in [2.05, 4.69) is 24.0 Å². The molecule has 0 saturated heterocycles. The van der Waals surface area contributed by atoms with Gasteiger partial charge in [0.2, 0.25) is 0 Å². The first-order chi connectivity index (χ1) is 18.5. The number of carboxylic acid groups (broad SMARTS) is 1. The molecule has 0 bridgehead atoms. The van der Waals surface area contributed by atoms with E-state index in [1.165, 1.54) is 96.3 Å². The summed E-state index contributed by atoms with van der Waals surface area (Å²) >= 11 is 0. The Kier molecular flexibility index (Phi) is 27.6. The number of carbonyl (C=O) groups is 2. The highest BCUT2D eigenvalue weighted by Gasteiger charge is 2.14. The highest BCUT2D eigenvalue weighted by Crippen LogP contribution is 2.18. The standard InChI is InChI=1S/C33H63NO4/c1-4-5-6-7-19-22-26-31(38-33(37)29-25-30-34(2)3)27-23-20-17-15-13-11-9-8-10-12-14-16-18-21-24-28-32(35)36/h8,10,31H,4-7,9,11-30H2,1-3H3,(H,35,36). The fourth-order valence-corrected chi connectivity index (χ4v) is 4.84. The molecule has 0 radical (unpaired) electrons. The third-order valence-corrected chi connectivity index (χ3v) is 7.24. The lowest BCUT2D eigenvalue weighted by Gasteiger charge is -2.18. The third kappa shape index (κ3) is 29.2. The van der Waals surface area contributed by atoms with Crippen LogP contribution in [-0.2, 0) is 14.3 Å². The summed E-state index contributed by atoms with van der Waals surface area (Å²) in [4.78, 5) is 24.9. The Morgan fingerprint density at radius 1 is 0.658 bits per heavy atom. The average molecular weight is 538 g/mol. The SMILES string of the molecule is CCCCCCCCC(CCCCCCCCC=CCCCCCCCC(=O)O)OC(=O)CCCN(C)C. The summed E-state index contributed by atoms with van der Waals surface area (Å²) in [6.07, 6.45) is 31.6. The van der Waals surface area contributed by atoms with Gasteiger partial charge in [0.1, 0.15) is 6.10 Å². The first-order valence-electron chi connectivity index (χ1n) is 16.2. The van der Waals surface area contributed by atoms with Crippen molar-refractivity contribution < 1.29 is 19.4 Å². The zero-order valence-corrected chi connectivity index (χ0v) is 25.5. The van der Waals surface area contributed by atoms with Crippen LogP contribution >= 0.6 is 0 Å². The molecule has 0 fully saturated rings. The molecule has 0 spiro atoms. The molecule has 0 aliphatic heterocycles. The predicted molar refractivity (Wildman–Crippen MR) is 162 cm³/mol. The molecule has 0 aromatic rings. The second-order valence-corrected chi connectivity index (χ2v) is 11.4. The first-order valence-corrected chi connectivity index (χ1v) is 16.2. The number of carbonyl (C=O) groups excluding carboxylic acids is 1. The Labute approximate surface area is 236 Å². The van der Waals surface area contributed by atoms with Gasteiger partial charge in [-0.25, -0.2) is 0 Å². The molecule has 0 aliphatic rings. The maximum absolute atomic E-state index is 12.3. The molecule has 1 N–H and O–H groups in total. The number of hydrogen-bond acceptors (Lipinski definition) is 4. The number of rotatable bonds is 29. The van der Waals surface area contributed by atoms with Gasteiger partial charge in [0, 0.05) is 12.8 Å². The number of carboxylic acids is 1. The van der Waals surface area contributed by atoms with Crippen molar-refractivity contribution in [3.05, 3.63) is 12.2 Å². The van der Waals surface area contributed by atoms with Crippen molar-refractivity contribution in [3.8, 4) is 0 Å². The van der Waals surface area contributed by atoms with Crippen molar-refractivity contribution in [1.82, 2.24) is 4.90 Å². The van der Waals surface area contributed by atoms with Crippen LogP contribution in [0.5, 0.6) is 0 Å². The van der Waals surface area contributed by atoms with Crippen molar-refractivity contribution in [2.45, 2.75) is 167 Å². The van der Waals surface area contributed by atoms with Crippen LogP contribution in [0.25, 0.3) is 0 Å². The van der Waals surface area contributed by atoms with Gasteiger partial charge >= 0.3 is 11.9 Å². The largest absolute Gasteiger partial charge is 0.481 e. The number of hydrogen-bond donors (Lipinski definition) is 1. The smallest absolute Gasteiger partial charge is 0.306 e. The average Bonchev–Trinajstić information content (AvgIpc) is 2.87. The van der Waals surface area contributed by atoms with E-state index < -0.39 is 5.97 Å². The molecule has 1 atom stereocenters. The molecule has 38 heavy (non-hydrogen) atoms. The summed E-state index contributed by atoms with van der Waals surface area (Å²) in [5.41, 5.74) is 0. The van der Waals surface area contributed by atoms with Crippen molar-refractivity contribution in [1.29, 1.82) is 0 Å². The molecule has 0 amide bonds. The highest BCUT2D eigenvalue weighted by molar-refractivity contribution is 5.69. The lowest BCUT2D eigenvalue weighted by molar-refractivity contribution is -0.150. The molecule has 1 unspecified atom stereocenters. The van der Waals surface area contributed by atoms with Crippen LogP contribution in [0.2, 0.25) is 0 Å². The van der Waals surface area contributed by atoms with E-state index in [1.54, 1.807) is 0 Å². The summed E-state index contributed by atoms with van der Waals surface area (Å²) in [5, 5.41) is 8.64. The Morgan fingerprint density at radius 3 is 1.63 bits per heavy atom. The number of aliphatic carboxylic acids is 1. The lowest BCUT2D eigenvalue weighted by Crippen LogP contribution is -2.20. The molecular formula is C33H63NO4. The third-order valence-electron chi connectivity index (χ3n) is 7.24. The Morgan fingerprint density at radius 2 is 1.13 bits per heavy atom. The number of allylic oxidation sites excluding steroid dienone is 2. The Bertz CT molecular complexity index is 561. The molecule has 5 heteroatoms. The van der Waals surface area contributed by atoms with Crippen molar-refractivity contribution in [2.75, 3.05) is 20.6 Å². The summed E-state index contributed by atoms with van der Waals surface area (Å²) in [6, 6.07) is 0. The van der Waals surface area contributed by atoms with E-state index in [-0.39, 0.29) is 12.1 Å². The van der Waals surface area contributed by atoms with Crippen LogP contribution in [0.3, 0.4) is 0 Å². The summed E-state index contributed by atoms with van der Waals surface area (Å²) in [5.74, 6) is -0.684. The summed E-state index contributed by atoms with van der Waals surface area (Å²) in [6.45, 7) is 3.19. The highest BCUT2D eigenvalue weighted by atomic mass is 16.5. The quantitative estimate of drug-likeness (QED) is 0.0584. The van der Waals surface area contributed by atoms with E-state index in [4.69, 9.17) is 9.84 Å². The lowest BCUT2D eigenvalue weighted by atomic mass is 10.0. The molecule has 0 rings (SSSR count). The fraction of sp³-hybridized carbons (Fsp3) is 0.879. The van der Waals surface area contributed by atoms with Gasteiger partial charge in [-0.15, -0.1) is 0 Å². The monoisotopic (exact) mass is 537 g/mol. The maximum Gasteiger partial charge on any atom is 0.306 e. The van der Waals surface area contributed by atoms with Gasteiger partial charge in [0.25, 0.3) is 0 Å². The van der Waals surface area contributed by atoms with E-state index in [1.807, 2.05) is 14.1 Å². The Balaban J connectivity index is 3.83. The molecule has 0 heterocycles. The van der Waals surface area contributed by atoms with E-state index in [0.717, 1.165) is 51.5 Å². The normalized spacial score (nSPS) is 12.4. The van der Waals surface area contributed by atoms with Gasteiger partial charge < -0.3 is 14.7 Å². The zero-order valence-electron chi connectivity index (χ0n) is 25.5. The van der Waals surface area contributed by atoms with Crippen molar-refractivity contribution >= 4 is 11.9 Å². The number of ether oxygens (including phenoxy) is 1. The first kappa shape index (κ1) is 36.6. The second-order valence-electron chi connectivity index (χ2n) is 11.4. The second kappa shape index (κ2) is 28.6. The number of unbranched alkanes of at least 4 members (excludes halogenated alkanes) is 16. The van der Waals surface area contributed by atoms with Crippen LogP contribution in [0, 0.1) is 0 Å². The van der Waals surface area contributed by atoms with Gasteiger partial charge in [-0.1, -0.05) is 96.1 Å². The van der Waals surface area contributed by atoms with Gasteiger partial charge in [-0.05, 0) is 84.8 Å². The maximum atomic E-state index is 12.3. The summed E-state index contributed by atoms with van der Waals surface area (Å²) < 4.78 is 5.91. The number of esters is 1. The van der Waals surface area contributed by atoms with Gasteiger partial charge in [-0.2, -0.15) is 0 Å². The van der Waals surface area contributed by atoms with Crippen molar-refractivity contribution in [2.24, 2.45) is 0 Å². The van der Waals surface area contributed by atoms with E-state index >= 15 is 0 Å². The molecule has 0 aliphatic carbocycles. The van der Waals surface area contributed by atoms with Crippen LogP contribution < -0.4 is 0 Å². The minimum Gasteiger partial charge on any atom is -0.481 e. The van der Waals surface area contributed by atoms with Crippen LogP contribution in [-0.4, -0.2) is 48.7 Å². The van der Waals surface area contributed by atoms with Crippen molar-refractivity contribution in [3.63, 3.8) is 0 Å². The van der Waals surface area contributed by atoms with Gasteiger partial charge in [0.05, 0.1) is 0 Å². The fourth-order valence-electron chi connectivity index (χ4n) is 4.84. The number of nitrogens with zero attached hydrogens (tertiary/aromatic N) is 1. The van der Waals surface area contributed by atoms with Gasteiger partial charge in [0.15, 0.2) is 0 Å². The van der Waals surface area contributed by atoms with Crippen LogP contribution in [0.4, 0.5) is 0 Å². The Hall–Kier alpha value is -1.36. The van der Waals surface area contributed by atoms with Crippen LogP contribution in [0.1, 0.15) is 161 Å². The molecule has 224 valence electrons. The van der Waals surface area contributed by atoms with E-state index in [0.29, 0.717) is 12.8 Å². The molecule has 0 aromatic heterocycles. The summed E-state index contributed by atoms with van der Waals surface area (Å²) in [7, 11) is 4.09. The molecule has 0 saturated carbocycles. The topological polar surface area (TPSA) is 66.8 Å². The van der Waals surface area contributed by atoms with Gasteiger partial charge in [-0.3, -0.25) is 9.59 Å². The minimum atomic E-state index is -0.676. The van der Waals surface area contributed by atoms with Crippen LogP contribution in [0.15, 0.2) is 12.2 Å². The molecule has 5 nitrogen and oxygen atoms in total. The zero-order chi connectivity index (χ0) is 28.1. The molecular weight excluding hydrogens is 474 g/mol. The minimum absolute atomic E-state index is 0.00775.